The van der Waals surface area contributed by atoms with Gasteiger partial charge in [-0.3, -0.25) is 24.0 Å². The van der Waals surface area contributed by atoms with E-state index in [1.807, 2.05) is 13.8 Å². The number of alkyl carbamates (subject to hydrolysis) is 1. The zero-order chi connectivity index (χ0) is 31.4. The van der Waals surface area contributed by atoms with Crippen molar-refractivity contribution in [1.29, 1.82) is 0 Å². The second kappa shape index (κ2) is 20.8. The van der Waals surface area contributed by atoms with E-state index >= 15 is 0 Å². The number of primary amides is 2. The summed E-state index contributed by atoms with van der Waals surface area (Å²) in [4.78, 5) is 74.2. The molecule has 0 spiro atoms. The van der Waals surface area contributed by atoms with Gasteiger partial charge in [0, 0.05) is 37.6 Å². The summed E-state index contributed by atoms with van der Waals surface area (Å²) in [6.07, 6.45) is 6.88. The Morgan fingerprint density at radius 1 is 0.707 bits per heavy atom. The minimum absolute atomic E-state index is 0.0174. The summed E-state index contributed by atoms with van der Waals surface area (Å²) in [5, 5.41) is 2.53. The number of amides is 4. The van der Waals surface area contributed by atoms with Crippen LogP contribution in [0.3, 0.4) is 0 Å². The smallest absolute Gasteiger partial charge is 0.407 e. The topological polar surface area (TPSA) is 179 Å². The number of carbonyl (C=O) groups excluding carboxylic acids is 6. The highest BCUT2D eigenvalue weighted by molar-refractivity contribution is 5.90. The number of nitrogens with zero attached hydrogens (tertiary/aromatic N) is 1. The van der Waals surface area contributed by atoms with Gasteiger partial charge in [0.25, 0.3) is 0 Å². The fraction of sp³-hybridized carbons (Fsp3) is 0.800. The van der Waals surface area contributed by atoms with Gasteiger partial charge in [0.15, 0.2) is 11.6 Å². The lowest BCUT2D eigenvalue weighted by atomic mass is 9.97. The SMILES string of the molecule is CC[C@@H](CCCCCC(=O)CN(CC(=O)CCCCC[C@H](CC)C(N)=O)C(=O)CCNC(=O)OC(C)(C)C)C(N)=O. The van der Waals surface area contributed by atoms with Gasteiger partial charge in [-0.1, -0.05) is 39.5 Å². The second-order valence-electron chi connectivity index (χ2n) is 11.7. The van der Waals surface area contributed by atoms with E-state index in [1.54, 1.807) is 20.8 Å². The fourth-order valence-corrected chi connectivity index (χ4v) is 4.43. The maximum atomic E-state index is 12.9. The highest BCUT2D eigenvalue weighted by Gasteiger charge is 2.21. The van der Waals surface area contributed by atoms with Crippen LogP contribution < -0.4 is 16.8 Å². The van der Waals surface area contributed by atoms with Crippen molar-refractivity contribution in [1.82, 2.24) is 10.2 Å². The first-order valence-electron chi connectivity index (χ1n) is 15.1. The van der Waals surface area contributed by atoms with Gasteiger partial charge in [-0.25, -0.2) is 4.79 Å². The minimum atomic E-state index is -0.673. The number of nitrogens with two attached hydrogens (primary N) is 2. The fourth-order valence-electron chi connectivity index (χ4n) is 4.43. The molecule has 4 amide bonds. The third-order valence-electron chi connectivity index (χ3n) is 6.90. The number of rotatable bonds is 23. The highest BCUT2D eigenvalue weighted by atomic mass is 16.6. The van der Waals surface area contributed by atoms with Crippen molar-refractivity contribution in [3.8, 4) is 0 Å². The van der Waals surface area contributed by atoms with E-state index in [1.165, 1.54) is 4.90 Å². The number of hydrogen-bond donors (Lipinski definition) is 3. The summed E-state index contributed by atoms with van der Waals surface area (Å²) in [5.74, 6) is -1.62. The maximum absolute atomic E-state index is 12.9. The number of ketones is 2. The molecule has 0 heterocycles. The molecule has 0 aromatic rings. The van der Waals surface area contributed by atoms with Crippen molar-refractivity contribution in [2.24, 2.45) is 23.3 Å². The van der Waals surface area contributed by atoms with Gasteiger partial charge in [-0.15, -0.1) is 0 Å². The third kappa shape index (κ3) is 19.7. The van der Waals surface area contributed by atoms with Crippen LogP contribution in [-0.4, -0.2) is 65.5 Å². The molecule has 11 nitrogen and oxygen atoms in total. The molecular formula is C30H54N4O7. The zero-order valence-electron chi connectivity index (χ0n) is 25.9. The van der Waals surface area contributed by atoms with Crippen LogP contribution in [0.15, 0.2) is 0 Å². The molecule has 41 heavy (non-hydrogen) atoms. The van der Waals surface area contributed by atoms with Crippen molar-refractivity contribution in [2.45, 2.75) is 124 Å². The van der Waals surface area contributed by atoms with Crippen molar-refractivity contribution in [3.05, 3.63) is 0 Å². The molecule has 11 heteroatoms. The normalized spacial score (nSPS) is 12.7. The molecule has 0 aromatic heterocycles. The Labute approximate surface area is 245 Å². The molecule has 0 fully saturated rings. The zero-order valence-corrected chi connectivity index (χ0v) is 25.9. The van der Waals surface area contributed by atoms with Crippen LogP contribution in [0.1, 0.15) is 118 Å². The predicted octanol–water partition coefficient (Wildman–Crippen LogP) is 3.79. The van der Waals surface area contributed by atoms with E-state index in [2.05, 4.69) is 5.32 Å². The second-order valence-corrected chi connectivity index (χ2v) is 11.7. The standard InChI is InChI=1S/C30H54N4O7/c1-6-22(27(31)38)14-10-8-12-16-24(35)20-34(26(37)18-19-33-29(40)41-30(3,4)5)21-25(36)17-13-9-11-15-23(7-2)28(32)39/h22-23H,6-21H2,1-5H3,(H2,31,38)(H2,32,39)(H,33,40)/t22-,23-/m0/s1. The molecule has 2 atom stereocenters. The van der Waals surface area contributed by atoms with Crippen molar-refractivity contribution in [2.75, 3.05) is 19.6 Å². The summed E-state index contributed by atoms with van der Waals surface area (Å²) in [6, 6.07) is 0. The van der Waals surface area contributed by atoms with Gasteiger partial charge in [0.2, 0.25) is 17.7 Å². The molecule has 0 unspecified atom stereocenters. The van der Waals surface area contributed by atoms with Gasteiger partial charge in [-0.2, -0.15) is 0 Å². The monoisotopic (exact) mass is 582 g/mol. The van der Waals surface area contributed by atoms with Gasteiger partial charge < -0.3 is 26.4 Å². The Morgan fingerprint density at radius 3 is 1.51 bits per heavy atom. The third-order valence-corrected chi connectivity index (χ3v) is 6.90. The number of ether oxygens (including phenoxy) is 1. The average molecular weight is 583 g/mol. The molecule has 0 radical (unpaired) electrons. The van der Waals surface area contributed by atoms with Gasteiger partial charge in [0.1, 0.15) is 5.60 Å². The Kier molecular flexibility index (Phi) is 19.3. The largest absolute Gasteiger partial charge is 0.444 e. The molecule has 0 saturated heterocycles. The number of nitrogens with one attached hydrogen (secondary N) is 1. The summed E-state index contributed by atoms with van der Waals surface area (Å²) in [6.45, 7) is 8.70. The van der Waals surface area contributed by atoms with Crippen LogP contribution in [0.2, 0.25) is 0 Å². The van der Waals surface area contributed by atoms with E-state index in [0.717, 1.165) is 25.7 Å². The van der Waals surface area contributed by atoms with Gasteiger partial charge >= 0.3 is 6.09 Å². The number of carbonyl (C=O) groups is 6. The first-order chi connectivity index (χ1) is 19.2. The molecule has 0 aromatic carbocycles. The van der Waals surface area contributed by atoms with E-state index in [-0.39, 0.29) is 74.1 Å². The summed E-state index contributed by atoms with van der Waals surface area (Å²) < 4.78 is 5.17. The lowest BCUT2D eigenvalue weighted by Gasteiger charge is -2.22. The van der Waals surface area contributed by atoms with Crippen molar-refractivity contribution >= 4 is 35.4 Å². The van der Waals surface area contributed by atoms with E-state index in [4.69, 9.17) is 16.2 Å². The first-order valence-corrected chi connectivity index (χ1v) is 15.1. The van der Waals surface area contributed by atoms with Crippen LogP contribution in [0.4, 0.5) is 4.79 Å². The summed E-state index contributed by atoms with van der Waals surface area (Å²) in [5.41, 5.74) is 10.1. The first kappa shape index (κ1) is 38.0. The van der Waals surface area contributed by atoms with Crippen LogP contribution in [0.5, 0.6) is 0 Å². The Bertz CT molecular complexity index is 808. The summed E-state index contributed by atoms with van der Waals surface area (Å²) in [7, 11) is 0. The van der Waals surface area contributed by atoms with Crippen LogP contribution in [0.25, 0.3) is 0 Å². The Morgan fingerprint density at radius 2 is 1.15 bits per heavy atom. The van der Waals surface area contributed by atoms with Crippen LogP contribution in [-0.2, 0) is 28.7 Å². The molecule has 5 N–H and O–H groups in total. The van der Waals surface area contributed by atoms with Crippen LogP contribution in [0, 0.1) is 11.8 Å². The van der Waals surface area contributed by atoms with Gasteiger partial charge in [-0.05, 0) is 59.3 Å². The van der Waals surface area contributed by atoms with Crippen LogP contribution >= 0.6 is 0 Å². The average Bonchev–Trinajstić information content (AvgIpc) is 2.86. The molecule has 0 aliphatic rings. The molecule has 0 rings (SSSR count). The quantitative estimate of drug-likeness (QED) is 0.153. The van der Waals surface area contributed by atoms with E-state index < -0.39 is 17.6 Å². The Hall–Kier alpha value is -2.98. The number of unbranched alkanes of at least 4 members (excludes halogenated alkanes) is 4. The van der Waals surface area contributed by atoms with Gasteiger partial charge in [0.05, 0.1) is 13.1 Å². The molecule has 0 bridgehead atoms. The summed E-state index contributed by atoms with van der Waals surface area (Å²) >= 11 is 0. The lowest BCUT2D eigenvalue weighted by molar-refractivity contribution is -0.138. The van der Waals surface area contributed by atoms with E-state index in [9.17, 15) is 28.8 Å². The minimum Gasteiger partial charge on any atom is -0.444 e. The maximum Gasteiger partial charge on any atom is 0.407 e. The molecule has 236 valence electrons. The van der Waals surface area contributed by atoms with E-state index in [0.29, 0.717) is 38.5 Å². The lowest BCUT2D eigenvalue weighted by Crippen LogP contribution is -2.41. The predicted molar refractivity (Wildman–Crippen MR) is 158 cm³/mol. The molecule has 0 aliphatic heterocycles. The molecule has 0 aliphatic carbocycles. The Balaban J connectivity index is 4.84. The molecular weight excluding hydrogens is 528 g/mol. The highest BCUT2D eigenvalue weighted by Crippen LogP contribution is 2.15. The van der Waals surface area contributed by atoms with Crippen molar-refractivity contribution < 1.29 is 33.5 Å². The van der Waals surface area contributed by atoms with Crippen molar-refractivity contribution in [3.63, 3.8) is 0 Å². The number of Topliss-reactive ketones (excluding diaryl/α,β-unsaturated/α-hetero) is 2. The molecule has 0 saturated carbocycles. The number of hydrogen-bond acceptors (Lipinski definition) is 7.